The van der Waals surface area contributed by atoms with E-state index in [-0.39, 0.29) is 25.4 Å². The van der Waals surface area contributed by atoms with Crippen molar-refractivity contribution in [3.63, 3.8) is 0 Å². The van der Waals surface area contributed by atoms with Crippen molar-refractivity contribution in [2.45, 2.75) is 51.3 Å². The summed E-state index contributed by atoms with van der Waals surface area (Å²) in [5.41, 5.74) is 3.32. The lowest BCUT2D eigenvalue weighted by Gasteiger charge is -2.29. The first-order chi connectivity index (χ1) is 19.3. The van der Waals surface area contributed by atoms with Gasteiger partial charge in [-0.1, -0.05) is 79.7 Å². The molecular formula is C31H37BN2O6. The fourth-order valence-corrected chi connectivity index (χ4v) is 4.84. The molecule has 0 bridgehead atoms. The van der Waals surface area contributed by atoms with E-state index in [0.717, 1.165) is 28.0 Å². The molecule has 1 heterocycles. The van der Waals surface area contributed by atoms with E-state index in [1.54, 1.807) is 7.11 Å². The van der Waals surface area contributed by atoms with Crippen LogP contribution in [0, 0.1) is 5.92 Å². The van der Waals surface area contributed by atoms with E-state index >= 15 is 0 Å². The Kier molecular flexibility index (Phi) is 9.98. The number of nitrogens with one attached hydrogen (secondary N) is 1. The molecule has 9 heteroatoms. The second-order valence-electron chi connectivity index (χ2n) is 10.6. The summed E-state index contributed by atoms with van der Waals surface area (Å²) in [6.07, 6.45) is 0.926. The van der Waals surface area contributed by atoms with Crippen LogP contribution in [-0.4, -0.2) is 54.0 Å². The molecule has 3 N–H and O–H groups in total. The monoisotopic (exact) mass is 544 g/mol. The fraction of sp³-hybridized carbons (Fsp3) is 0.355. The molecule has 1 amide bonds. The van der Waals surface area contributed by atoms with Gasteiger partial charge in [0.15, 0.2) is 0 Å². The van der Waals surface area contributed by atoms with Gasteiger partial charge in [-0.2, -0.15) is 0 Å². The van der Waals surface area contributed by atoms with Crippen LogP contribution >= 0.6 is 0 Å². The van der Waals surface area contributed by atoms with Crippen molar-refractivity contribution in [1.29, 1.82) is 0 Å². The Labute approximate surface area is 236 Å². The number of benzene rings is 3. The fourth-order valence-electron chi connectivity index (χ4n) is 4.84. The van der Waals surface area contributed by atoms with Gasteiger partial charge in [0.05, 0.1) is 32.0 Å². The first-order valence-corrected chi connectivity index (χ1v) is 13.5. The van der Waals surface area contributed by atoms with Crippen molar-refractivity contribution in [2.75, 3.05) is 13.7 Å². The zero-order chi connectivity index (χ0) is 28.5. The van der Waals surface area contributed by atoms with Gasteiger partial charge in [-0.3, -0.25) is 4.79 Å². The van der Waals surface area contributed by atoms with Crippen LogP contribution in [0.1, 0.15) is 37.8 Å². The second kappa shape index (κ2) is 13.6. The Morgan fingerprint density at radius 1 is 1.00 bits per heavy atom. The molecule has 0 aromatic heterocycles. The van der Waals surface area contributed by atoms with Crippen LogP contribution in [0.25, 0.3) is 11.1 Å². The third kappa shape index (κ3) is 7.72. The summed E-state index contributed by atoms with van der Waals surface area (Å²) in [6, 6.07) is 25.6. The molecule has 3 aromatic rings. The third-order valence-electron chi connectivity index (χ3n) is 6.85. The van der Waals surface area contributed by atoms with Crippen molar-refractivity contribution < 1.29 is 29.2 Å². The van der Waals surface area contributed by atoms with E-state index in [4.69, 9.17) is 14.3 Å². The molecule has 2 atom stereocenters. The van der Waals surface area contributed by atoms with Gasteiger partial charge in [0.2, 0.25) is 5.60 Å². The molecular weight excluding hydrogens is 507 g/mol. The summed E-state index contributed by atoms with van der Waals surface area (Å²) in [5.74, 6) is -0.296. The van der Waals surface area contributed by atoms with Crippen LogP contribution in [-0.2, 0) is 27.4 Å². The van der Waals surface area contributed by atoms with Crippen LogP contribution in [0.4, 0.5) is 0 Å². The maximum absolute atomic E-state index is 13.5. The van der Waals surface area contributed by atoms with Gasteiger partial charge in [0.25, 0.3) is 5.91 Å². The topological polar surface area (TPSA) is 110 Å². The summed E-state index contributed by atoms with van der Waals surface area (Å²) in [5, 5.41) is 26.8. The molecule has 0 radical (unpaired) electrons. The molecule has 210 valence electrons. The smallest absolute Gasteiger partial charge is 0.475 e. The number of oxime groups is 1. The maximum Gasteiger partial charge on any atom is 0.475 e. The number of amides is 1. The third-order valence-corrected chi connectivity index (χ3v) is 6.85. The minimum Gasteiger partial charge on any atom is -0.497 e. The Morgan fingerprint density at radius 2 is 1.70 bits per heavy atom. The van der Waals surface area contributed by atoms with Gasteiger partial charge in [-0.05, 0) is 52.8 Å². The summed E-state index contributed by atoms with van der Waals surface area (Å²) in [6.45, 7) is 4.48. The minimum absolute atomic E-state index is 0.157. The number of ether oxygens (including phenoxy) is 2. The van der Waals surface area contributed by atoms with Gasteiger partial charge < -0.3 is 29.7 Å². The van der Waals surface area contributed by atoms with Gasteiger partial charge in [0.1, 0.15) is 5.75 Å². The van der Waals surface area contributed by atoms with E-state index < -0.39 is 24.6 Å². The molecule has 0 aliphatic carbocycles. The van der Waals surface area contributed by atoms with Crippen molar-refractivity contribution in [2.24, 2.45) is 11.1 Å². The first-order valence-electron chi connectivity index (χ1n) is 13.5. The summed E-state index contributed by atoms with van der Waals surface area (Å²) < 4.78 is 11.3. The lowest BCUT2D eigenvalue weighted by molar-refractivity contribution is -0.144. The lowest BCUT2D eigenvalue weighted by Crippen LogP contribution is -2.56. The highest BCUT2D eigenvalue weighted by atomic mass is 16.7. The largest absolute Gasteiger partial charge is 0.497 e. The van der Waals surface area contributed by atoms with Gasteiger partial charge in [-0.15, -0.1) is 0 Å². The quantitative estimate of drug-likeness (QED) is 0.279. The summed E-state index contributed by atoms with van der Waals surface area (Å²) >= 11 is 0. The Hall–Kier alpha value is -3.66. The molecule has 0 saturated heterocycles. The second-order valence-corrected chi connectivity index (χ2v) is 10.6. The molecule has 8 nitrogen and oxygen atoms in total. The summed E-state index contributed by atoms with van der Waals surface area (Å²) in [4.78, 5) is 19.4. The minimum atomic E-state index is -1.68. The number of hydrogen-bond donors (Lipinski definition) is 3. The van der Waals surface area contributed by atoms with Crippen LogP contribution in [0.2, 0.25) is 0 Å². The normalized spacial score (nSPS) is 17.2. The van der Waals surface area contributed by atoms with Crippen LogP contribution in [0.5, 0.6) is 5.75 Å². The SMILES string of the molecule is COc1cccc(-c2cccc(COCC3=NOC(Cc4ccccc4)(C(=O)NC(CC(C)C)B(O)O)C3)c2)c1. The van der Waals surface area contributed by atoms with E-state index in [1.807, 2.05) is 86.6 Å². The highest BCUT2D eigenvalue weighted by Gasteiger charge is 2.48. The van der Waals surface area contributed by atoms with Gasteiger partial charge in [0, 0.05) is 12.8 Å². The number of nitrogens with zero attached hydrogens (tertiary/aromatic N) is 1. The molecule has 0 saturated carbocycles. The Bertz CT molecular complexity index is 1300. The number of rotatable bonds is 13. The Morgan fingerprint density at radius 3 is 2.40 bits per heavy atom. The average molecular weight is 544 g/mol. The molecule has 3 aromatic carbocycles. The van der Waals surface area contributed by atoms with E-state index in [2.05, 4.69) is 16.5 Å². The number of carbonyl (C=O) groups excluding carboxylic acids is 1. The van der Waals surface area contributed by atoms with E-state index in [9.17, 15) is 14.8 Å². The average Bonchev–Trinajstić information content (AvgIpc) is 3.37. The molecule has 0 spiro atoms. The van der Waals surface area contributed by atoms with Gasteiger partial charge >= 0.3 is 7.12 Å². The van der Waals surface area contributed by atoms with Crippen molar-refractivity contribution >= 4 is 18.7 Å². The van der Waals surface area contributed by atoms with Crippen LogP contribution < -0.4 is 10.1 Å². The zero-order valence-electron chi connectivity index (χ0n) is 23.2. The number of carbonyl (C=O) groups is 1. The molecule has 4 rings (SSSR count). The summed E-state index contributed by atoms with van der Waals surface area (Å²) in [7, 11) is -0.0326. The van der Waals surface area contributed by atoms with E-state index in [1.165, 1.54) is 0 Å². The van der Waals surface area contributed by atoms with Crippen molar-refractivity contribution in [3.05, 3.63) is 90.0 Å². The lowest BCUT2D eigenvalue weighted by atomic mass is 9.74. The van der Waals surface area contributed by atoms with Crippen molar-refractivity contribution in [1.82, 2.24) is 5.32 Å². The molecule has 40 heavy (non-hydrogen) atoms. The predicted octanol–water partition coefficient (Wildman–Crippen LogP) is 4.18. The molecule has 2 unspecified atom stereocenters. The highest BCUT2D eigenvalue weighted by Crippen LogP contribution is 2.30. The molecule has 1 aliphatic rings. The molecule has 0 fully saturated rings. The number of hydrogen-bond acceptors (Lipinski definition) is 7. The zero-order valence-corrected chi connectivity index (χ0v) is 23.2. The number of methoxy groups -OCH3 is 1. The first kappa shape index (κ1) is 29.3. The van der Waals surface area contributed by atoms with Gasteiger partial charge in [-0.25, -0.2) is 0 Å². The Balaban J connectivity index is 1.41. The standard InChI is InChI=1S/C31H37BN2O6/c1-22(2)15-29(32(36)37)33-30(35)31(18-23-9-5-4-6-10-23)19-27(34-40-31)21-39-20-24-11-7-12-25(16-24)26-13-8-14-28(17-26)38-3/h4-14,16-17,22,29,36-37H,15,18-21H2,1-3H3,(H,33,35). The van der Waals surface area contributed by atoms with Crippen LogP contribution in [0.3, 0.4) is 0 Å². The van der Waals surface area contributed by atoms with E-state index in [0.29, 0.717) is 18.7 Å². The molecule has 1 aliphatic heterocycles. The highest BCUT2D eigenvalue weighted by molar-refractivity contribution is 6.43. The maximum atomic E-state index is 13.5. The van der Waals surface area contributed by atoms with Crippen LogP contribution in [0.15, 0.2) is 84.0 Å². The predicted molar refractivity (Wildman–Crippen MR) is 156 cm³/mol. The van der Waals surface area contributed by atoms with Crippen molar-refractivity contribution in [3.8, 4) is 16.9 Å².